The summed E-state index contributed by atoms with van der Waals surface area (Å²) in [6.45, 7) is 9.81. The molecule has 0 aliphatic heterocycles. The van der Waals surface area contributed by atoms with E-state index in [9.17, 15) is 0 Å². The van der Waals surface area contributed by atoms with Gasteiger partial charge in [-0.15, -0.1) is 0 Å². The van der Waals surface area contributed by atoms with Gasteiger partial charge in [0, 0.05) is 11.1 Å². The van der Waals surface area contributed by atoms with Gasteiger partial charge in [-0.1, -0.05) is 25.1 Å². The van der Waals surface area contributed by atoms with Gasteiger partial charge in [0.05, 0.1) is 12.8 Å². The van der Waals surface area contributed by atoms with Crippen LogP contribution in [-0.4, -0.2) is 5.54 Å². The van der Waals surface area contributed by atoms with Gasteiger partial charge in [-0.25, -0.2) is 0 Å². The van der Waals surface area contributed by atoms with E-state index in [1.807, 2.05) is 24.3 Å². The summed E-state index contributed by atoms with van der Waals surface area (Å²) in [5.41, 5.74) is 2.40. The molecule has 0 saturated carbocycles. The smallest absolute Gasteiger partial charge is 0.124 e. The van der Waals surface area contributed by atoms with Crippen molar-refractivity contribution in [1.82, 2.24) is 5.32 Å². The Morgan fingerprint density at radius 2 is 1.86 bits per heavy atom. The van der Waals surface area contributed by atoms with Crippen LogP contribution in [0.25, 0.3) is 0 Å². The van der Waals surface area contributed by atoms with E-state index in [1.165, 1.54) is 5.56 Å². The van der Waals surface area contributed by atoms with Gasteiger partial charge in [0.25, 0.3) is 0 Å². The molecule has 2 rings (SSSR count). The lowest BCUT2D eigenvalue weighted by atomic mass is 10.1. The number of hydrogen-bond donors (Lipinski definition) is 1. The van der Waals surface area contributed by atoms with E-state index in [1.54, 1.807) is 6.26 Å². The van der Waals surface area contributed by atoms with E-state index >= 15 is 0 Å². The van der Waals surface area contributed by atoms with Crippen molar-refractivity contribution in [2.24, 2.45) is 0 Å². The summed E-state index contributed by atoms with van der Waals surface area (Å²) >= 11 is 0. The molecule has 0 saturated heterocycles. The number of furan rings is 1. The summed E-state index contributed by atoms with van der Waals surface area (Å²) in [6, 6.07) is 10.2. The number of benzene rings is 1. The summed E-state index contributed by atoms with van der Waals surface area (Å²) in [7, 11) is 0. The molecular formula is C18H25NO2. The van der Waals surface area contributed by atoms with Crippen LogP contribution in [-0.2, 0) is 19.6 Å². The predicted octanol–water partition coefficient (Wildman–Crippen LogP) is 4.31. The first-order chi connectivity index (χ1) is 9.99. The molecule has 114 valence electrons. The number of nitrogens with one attached hydrogen (secondary N) is 1. The van der Waals surface area contributed by atoms with E-state index in [2.05, 4.69) is 39.1 Å². The van der Waals surface area contributed by atoms with Gasteiger partial charge >= 0.3 is 0 Å². The van der Waals surface area contributed by atoms with Crippen molar-refractivity contribution in [3.8, 4) is 5.75 Å². The molecule has 1 N–H and O–H groups in total. The summed E-state index contributed by atoms with van der Waals surface area (Å²) in [5.74, 6) is 1.90. The van der Waals surface area contributed by atoms with Crippen molar-refractivity contribution >= 4 is 0 Å². The first kappa shape index (κ1) is 15.6. The van der Waals surface area contributed by atoms with Crippen LogP contribution in [0.1, 0.15) is 44.6 Å². The first-order valence-corrected chi connectivity index (χ1v) is 7.50. The second-order valence-corrected chi connectivity index (χ2v) is 6.22. The van der Waals surface area contributed by atoms with Gasteiger partial charge in [-0.3, -0.25) is 0 Å². The standard InChI is InChI=1S/C18H25NO2/c1-5-14-8-6-7-9-16(14)21-13-15-10-11-20-17(15)12-19-18(2,3)4/h6-11,19H,5,12-13H2,1-4H3. The highest BCUT2D eigenvalue weighted by Gasteiger charge is 2.13. The molecular weight excluding hydrogens is 262 g/mol. The number of ether oxygens (including phenoxy) is 1. The van der Waals surface area contributed by atoms with Crippen molar-refractivity contribution in [1.29, 1.82) is 0 Å². The summed E-state index contributed by atoms with van der Waals surface area (Å²) < 4.78 is 11.5. The van der Waals surface area contributed by atoms with Gasteiger partial charge in [0.2, 0.25) is 0 Å². The van der Waals surface area contributed by atoms with Crippen LogP contribution >= 0.6 is 0 Å². The molecule has 3 heteroatoms. The Morgan fingerprint density at radius 3 is 2.57 bits per heavy atom. The van der Waals surface area contributed by atoms with Gasteiger partial charge < -0.3 is 14.5 Å². The highest BCUT2D eigenvalue weighted by Crippen LogP contribution is 2.21. The van der Waals surface area contributed by atoms with E-state index < -0.39 is 0 Å². The van der Waals surface area contributed by atoms with Crippen LogP contribution in [0.5, 0.6) is 5.75 Å². The molecule has 0 bridgehead atoms. The zero-order valence-electron chi connectivity index (χ0n) is 13.4. The molecule has 1 heterocycles. The monoisotopic (exact) mass is 287 g/mol. The fraction of sp³-hybridized carbons (Fsp3) is 0.444. The number of para-hydroxylation sites is 1. The average molecular weight is 287 g/mol. The molecule has 0 aliphatic rings. The third kappa shape index (κ3) is 4.64. The molecule has 0 unspecified atom stereocenters. The van der Waals surface area contributed by atoms with Gasteiger partial charge in [-0.2, -0.15) is 0 Å². The second-order valence-electron chi connectivity index (χ2n) is 6.22. The Bertz CT molecular complexity index is 567. The van der Waals surface area contributed by atoms with Crippen LogP contribution in [0, 0.1) is 0 Å². The molecule has 0 spiro atoms. The van der Waals surface area contributed by atoms with Crippen molar-refractivity contribution in [2.45, 2.75) is 52.8 Å². The van der Waals surface area contributed by atoms with E-state index in [-0.39, 0.29) is 5.54 Å². The zero-order valence-corrected chi connectivity index (χ0v) is 13.4. The Balaban J connectivity index is 1.99. The third-order valence-electron chi connectivity index (χ3n) is 3.35. The minimum Gasteiger partial charge on any atom is -0.488 e. The third-order valence-corrected chi connectivity index (χ3v) is 3.35. The minimum absolute atomic E-state index is 0.0692. The van der Waals surface area contributed by atoms with Gasteiger partial charge in [0.15, 0.2) is 0 Å². The molecule has 0 radical (unpaired) electrons. The van der Waals surface area contributed by atoms with Crippen LogP contribution in [0.2, 0.25) is 0 Å². The Morgan fingerprint density at radius 1 is 1.10 bits per heavy atom. The van der Waals surface area contributed by atoms with Gasteiger partial charge in [0.1, 0.15) is 18.1 Å². The number of aryl methyl sites for hydroxylation is 1. The number of rotatable bonds is 6. The predicted molar refractivity (Wildman–Crippen MR) is 85.5 cm³/mol. The van der Waals surface area contributed by atoms with Crippen molar-refractivity contribution in [3.63, 3.8) is 0 Å². The Kier molecular flexibility index (Phi) is 5.07. The lowest BCUT2D eigenvalue weighted by Crippen LogP contribution is -2.35. The molecule has 1 aromatic heterocycles. The SMILES string of the molecule is CCc1ccccc1OCc1ccoc1CNC(C)(C)C. The van der Waals surface area contributed by atoms with Crippen LogP contribution in [0.4, 0.5) is 0 Å². The summed E-state index contributed by atoms with van der Waals surface area (Å²) in [5, 5.41) is 3.44. The van der Waals surface area contributed by atoms with Crippen molar-refractivity contribution in [2.75, 3.05) is 0 Å². The highest BCUT2D eigenvalue weighted by atomic mass is 16.5. The summed E-state index contributed by atoms with van der Waals surface area (Å²) in [4.78, 5) is 0. The zero-order chi connectivity index (χ0) is 15.3. The van der Waals surface area contributed by atoms with Crippen molar-refractivity contribution in [3.05, 3.63) is 53.5 Å². The Labute approximate surface area is 127 Å². The fourth-order valence-electron chi connectivity index (χ4n) is 2.09. The van der Waals surface area contributed by atoms with E-state index in [0.29, 0.717) is 13.2 Å². The Hall–Kier alpha value is -1.74. The van der Waals surface area contributed by atoms with E-state index in [4.69, 9.17) is 9.15 Å². The van der Waals surface area contributed by atoms with Crippen molar-refractivity contribution < 1.29 is 9.15 Å². The fourth-order valence-corrected chi connectivity index (χ4v) is 2.09. The molecule has 0 aliphatic carbocycles. The lowest BCUT2D eigenvalue weighted by molar-refractivity contribution is 0.296. The minimum atomic E-state index is 0.0692. The molecule has 1 aromatic carbocycles. The number of hydrogen-bond acceptors (Lipinski definition) is 3. The molecule has 21 heavy (non-hydrogen) atoms. The van der Waals surface area contributed by atoms with Crippen LogP contribution in [0.15, 0.2) is 41.0 Å². The summed E-state index contributed by atoms with van der Waals surface area (Å²) in [6.07, 6.45) is 2.70. The molecule has 0 amide bonds. The molecule has 0 atom stereocenters. The van der Waals surface area contributed by atoms with E-state index in [0.717, 1.165) is 23.5 Å². The topological polar surface area (TPSA) is 34.4 Å². The maximum Gasteiger partial charge on any atom is 0.124 e. The molecule has 3 nitrogen and oxygen atoms in total. The second kappa shape index (κ2) is 6.81. The quantitative estimate of drug-likeness (QED) is 0.859. The van der Waals surface area contributed by atoms with Crippen LogP contribution < -0.4 is 10.1 Å². The van der Waals surface area contributed by atoms with Crippen LogP contribution in [0.3, 0.4) is 0 Å². The molecule has 2 aromatic rings. The average Bonchev–Trinajstić information content (AvgIpc) is 2.90. The maximum atomic E-state index is 5.96. The maximum absolute atomic E-state index is 5.96. The molecule has 0 fully saturated rings. The largest absolute Gasteiger partial charge is 0.488 e. The lowest BCUT2D eigenvalue weighted by Gasteiger charge is -2.20. The normalized spacial score (nSPS) is 11.6. The highest BCUT2D eigenvalue weighted by molar-refractivity contribution is 5.33. The first-order valence-electron chi connectivity index (χ1n) is 7.50. The van der Waals surface area contributed by atoms with Gasteiger partial charge in [-0.05, 0) is 44.9 Å².